The third-order valence-electron chi connectivity index (χ3n) is 13.0. The fraction of sp³-hybridized carbons (Fsp3) is 0.0169. The minimum absolute atomic E-state index is 0.436. The minimum Gasteiger partial charge on any atom is -0.455 e. The monoisotopic (exact) mass is 820 g/mol. The van der Waals surface area contributed by atoms with Gasteiger partial charge in [-0.05, 0) is 74.3 Å². The molecular weight excluding hydrogens is 785 g/mol. The van der Waals surface area contributed by atoms with E-state index in [1.165, 1.54) is 48.7 Å². The second-order valence-corrected chi connectivity index (χ2v) is 17.4. The van der Waals surface area contributed by atoms with E-state index in [1.54, 1.807) is 0 Å². The molecule has 0 fully saturated rings. The van der Waals surface area contributed by atoms with E-state index < -0.39 is 5.41 Å². The van der Waals surface area contributed by atoms with Crippen molar-refractivity contribution in [2.24, 2.45) is 0 Å². The molecule has 13 rings (SSSR count). The summed E-state index contributed by atoms with van der Waals surface area (Å²) in [5, 5.41) is 2.25. The average Bonchev–Trinajstić information content (AvgIpc) is 3.88. The Labute approximate surface area is 369 Å². The summed E-state index contributed by atoms with van der Waals surface area (Å²) < 4.78 is 6.40. The van der Waals surface area contributed by atoms with Crippen LogP contribution in [0.15, 0.2) is 233 Å². The second-order valence-electron chi connectivity index (χ2n) is 16.4. The van der Waals surface area contributed by atoms with Gasteiger partial charge >= 0.3 is 0 Å². The topological polar surface area (TPSA) is 38.9 Å². The van der Waals surface area contributed by atoms with E-state index in [1.807, 2.05) is 30.0 Å². The number of para-hydroxylation sites is 2. The predicted molar refractivity (Wildman–Crippen MR) is 258 cm³/mol. The number of aromatic nitrogens is 2. The highest BCUT2D eigenvalue weighted by molar-refractivity contribution is 7.99. The van der Waals surface area contributed by atoms with Gasteiger partial charge in [0.25, 0.3) is 0 Å². The van der Waals surface area contributed by atoms with Crippen LogP contribution in [0.1, 0.15) is 22.3 Å². The van der Waals surface area contributed by atoms with Gasteiger partial charge in [0.05, 0.1) is 16.8 Å². The zero-order valence-electron chi connectivity index (χ0n) is 34.0. The molecule has 0 unspecified atom stereocenters. The van der Waals surface area contributed by atoms with Crippen molar-refractivity contribution < 1.29 is 4.42 Å². The fourth-order valence-corrected chi connectivity index (χ4v) is 11.5. The van der Waals surface area contributed by atoms with Crippen LogP contribution in [0.25, 0.3) is 89.2 Å². The molecule has 9 aromatic carbocycles. The molecule has 294 valence electrons. The van der Waals surface area contributed by atoms with Crippen molar-refractivity contribution in [2.75, 3.05) is 0 Å². The third-order valence-corrected chi connectivity index (χ3v) is 14.2. The van der Waals surface area contributed by atoms with Crippen molar-refractivity contribution in [2.45, 2.75) is 15.2 Å². The first-order chi connectivity index (χ1) is 31.2. The molecule has 0 atom stereocenters. The van der Waals surface area contributed by atoms with Gasteiger partial charge < -0.3 is 4.42 Å². The van der Waals surface area contributed by atoms with Crippen LogP contribution in [-0.4, -0.2) is 9.97 Å². The molecular formula is C59H36N2OS. The predicted octanol–water partition coefficient (Wildman–Crippen LogP) is 15.5. The first kappa shape index (κ1) is 35.9. The molecule has 2 aliphatic rings. The van der Waals surface area contributed by atoms with E-state index in [9.17, 15) is 0 Å². The molecule has 63 heavy (non-hydrogen) atoms. The lowest BCUT2D eigenvalue weighted by Gasteiger charge is -2.40. The van der Waals surface area contributed by atoms with Gasteiger partial charge in [-0.1, -0.05) is 206 Å². The molecule has 11 aromatic rings. The first-order valence-electron chi connectivity index (χ1n) is 21.4. The molecule has 0 saturated carbocycles. The highest BCUT2D eigenvalue weighted by Crippen LogP contribution is 2.63. The van der Waals surface area contributed by atoms with Gasteiger partial charge in [0.1, 0.15) is 11.2 Å². The molecule has 3 heterocycles. The number of rotatable bonds is 5. The zero-order chi connectivity index (χ0) is 41.5. The number of hydrogen-bond donors (Lipinski definition) is 0. The van der Waals surface area contributed by atoms with E-state index in [0.717, 1.165) is 66.7 Å². The third kappa shape index (κ3) is 5.48. The van der Waals surface area contributed by atoms with Crippen molar-refractivity contribution in [3.05, 3.63) is 241 Å². The summed E-state index contributed by atoms with van der Waals surface area (Å²) in [6.07, 6.45) is 0. The molecule has 0 bridgehead atoms. The van der Waals surface area contributed by atoms with Crippen LogP contribution in [0, 0.1) is 0 Å². The number of hydrogen-bond acceptors (Lipinski definition) is 4. The molecule has 0 saturated heterocycles. The number of fused-ring (bicyclic) bond motifs is 12. The Bertz CT molecular complexity index is 3560. The SMILES string of the molecule is c1ccc(-c2cc(-c3ccc(-c4cccc5c4oc4ccccc45)cc3)nc(-c3cccc(-c4cccc5c4Sc4ccccc4C54c5ccccc5-c5ccccc54)c3)n2)cc1. The van der Waals surface area contributed by atoms with Crippen LogP contribution in [0.3, 0.4) is 0 Å². The molecule has 1 aliphatic carbocycles. The van der Waals surface area contributed by atoms with Gasteiger partial charge in [-0.25, -0.2) is 9.97 Å². The quantitative estimate of drug-likeness (QED) is 0.173. The maximum Gasteiger partial charge on any atom is 0.160 e. The highest BCUT2D eigenvalue weighted by Gasteiger charge is 2.50. The molecule has 1 spiro atoms. The van der Waals surface area contributed by atoms with Crippen LogP contribution in [0.5, 0.6) is 0 Å². The van der Waals surface area contributed by atoms with E-state index in [0.29, 0.717) is 5.82 Å². The van der Waals surface area contributed by atoms with Crippen LogP contribution < -0.4 is 0 Å². The summed E-state index contributed by atoms with van der Waals surface area (Å²) >= 11 is 1.88. The smallest absolute Gasteiger partial charge is 0.160 e. The summed E-state index contributed by atoms with van der Waals surface area (Å²) in [6.45, 7) is 0. The van der Waals surface area contributed by atoms with Crippen molar-refractivity contribution >= 4 is 33.7 Å². The number of nitrogens with zero attached hydrogens (tertiary/aromatic N) is 2. The standard InChI is InChI=1S/C59H36N2OS/c1-2-15-38(16-3-1)52-36-53(39-33-31-37(32-34-39)42-22-13-24-47-46-21-6-10-29-54(46)62-56(42)47)61-58(60-52)41-18-12-17-40(35-41)43-23-14-28-51-57(43)63-55-30-11-9-27-50(55)59(51)48-25-7-4-19-44(48)45-20-5-8-26-49(45)59/h1-36H. The van der Waals surface area contributed by atoms with E-state index >= 15 is 0 Å². The zero-order valence-corrected chi connectivity index (χ0v) is 34.8. The molecule has 3 nitrogen and oxygen atoms in total. The van der Waals surface area contributed by atoms with Gasteiger partial charge in [-0.2, -0.15) is 0 Å². The molecule has 2 aromatic heterocycles. The van der Waals surface area contributed by atoms with E-state index in [4.69, 9.17) is 14.4 Å². The Morgan fingerprint density at radius 1 is 0.365 bits per heavy atom. The minimum atomic E-state index is -0.436. The normalized spacial score (nSPS) is 13.1. The maximum atomic E-state index is 6.40. The Balaban J connectivity index is 0.939. The van der Waals surface area contributed by atoms with Crippen molar-refractivity contribution in [1.82, 2.24) is 9.97 Å². The molecule has 0 N–H and O–H groups in total. The van der Waals surface area contributed by atoms with Crippen LogP contribution in [-0.2, 0) is 5.41 Å². The summed E-state index contributed by atoms with van der Waals surface area (Å²) in [7, 11) is 0. The van der Waals surface area contributed by atoms with Crippen molar-refractivity contribution in [3.63, 3.8) is 0 Å². The van der Waals surface area contributed by atoms with Crippen molar-refractivity contribution in [1.29, 1.82) is 0 Å². The molecule has 4 heteroatoms. The van der Waals surface area contributed by atoms with Crippen LogP contribution >= 0.6 is 11.8 Å². The van der Waals surface area contributed by atoms with Gasteiger partial charge in [0.15, 0.2) is 5.82 Å². The van der Waals surface area contributed by atoms with E-state index in [-0.39, 0.29) is 0 Å². The van der Waals surface area contributed by atoms with Crippen LogP contribution in [0.2, 0.25) is 0 Å². The highest BCUT2D eigenvalue weighted by atomic mass is 32.2. The number of furan rings is 1. The Hall–Kier alpha value is -7.79. The fourth-order valence-electron chi connectivity index (χ4n) is 10.2. The largest absolute Gasteiger partial charge is 0.455 e. The molecule has 0 amide bonds. The number of benzene rings is 9. The Morgan fingerprint density at radius 2 is 0.905 bits per heavy atom. The Morgan fingerprint density at radius 3 is 1.70 bits per heavy atom. The van der Waals surface area contributed by atoms with Gasteiger partial charge in [0.2, 0.25) is 0 Å². The lowest BCUT2D eigenvalue weighted by molar-refractivity contribution is 0.670. The molecule has 0 radical (unpaired) electrons. The summed E-state index contributed by atoms with van der Waals surface area (Å²) in [5.41, 5.74) is 18.5. The van der Waals surface area contributed by atoms with Crippen molar-refractivity contribution in [3.8, 4) is 67.3 Å². The lowest BCUT2D eigenvalue weighted by atomic mass is 9.67. The average molecular weight is 821 g/mol. The van der Waals surface area contributed by atoms with Crippen LogP contribution in [0.4, 0.5) is 0 Å². The van der Waals surface area contributed by atoms with Gasteiger partial charge in [0, 0.05) is 42.8 Å². The molecule has 1 aliphatic heterocycles. The van der Waals surface area contributed by atoms with Gasteiger partial charge in [-0.15, -0.1) is 0 Å². The van der Waals surface area contributed by atoms with E-state index in [2.05, 4.69) is 200 Å². The maximum absolute atomic E-state index is 6.40. The first-order valence-corrected chi connectivity index (χ1v) is 22.2. The van der Waals surface area contributed by atoms with Gasteiger partial charge in [-0.3, -0.25) is 0 Å². The summed E-state index contributed by atoms with van der Waals surface area (Å²) in [5.74, 6) is 0.683. The lowest BCUT2D eigenvalue weighted by Crippen LogP contribution is -2.32. The second kappa shape index (κ2) is 14.1. The Kier molecular flexibility index (Phi) is 8.06. The summed E-state index contributed by atoms with van der Waals surface area (Å²) in [6, 6.07) is 78.4. The summed E-state index contributed by atoms with van der Waals surface area (Å²) in [4.78, 5) is 13.1.